The van der Waals surface area contributed by atoms with Crippen LogP contribution in [0.15, 0.2) is 30.3 Å². The number of hydrogen-bond acceptors (Lipinski definition) is 3. The van der Waals surface area contributed by atoms with E-state index in [1.807, 2.05) is 11.0 Å². The molecular weight excluding hydrogens is 284 g/mol. The number of nitrogens with zero attached hydrogens (tertiary/aromatic N) is 1. The zero-order chi connectivity index (χ0) is 15.5. The molecule has 2 atom stereocenters. The number of β-lactam (4-membered cyclic amide) rings is 1. The van der Waals surface area contributed by atoms with Gasteiger partial charge in [-0.2, -0.15) is 0 Å². The lowest BCUT2D eigenvalue weighted by atomic mass is 10.1. The summed E-state index contributed by atoms with van der Waals surface area (Å²) in [6, 6.07) is 10.2. The van der Waals surface area contributed by atoms with Gasteiger partial charge in [-0.15, -0.1) is 11.8 Å². The number of aryl methyl sites for hydroxylation is 1. The van der Waals surface area contributed by atoms with Gasteiger partial charge in [0.15, 0.2) is 0 Å². The van der Waals surface area contributed by atoms with E-state index < -0.39 is 0 Å². The van der Waals surface area contributed by atoms with E-state index >= 15 is 0 Å². The van der Waals surface area contributed by atoms with E-state index in [4.69, 9.17) is 0 Å². The molecule has 0 unspecified atom stereocenters. The molecule has 3 rings (SSSR count). The highest BCUT2D eigenvalue weighted by atomic mass is 32.2. The number of thioether (sulfide) groups is 1. The summed E-state index contributed by atoms with van der Waals surface area (Å²) in [6.45, 7) is 7.18. The zero-order valence-electron chi connectivity index (χ0n) is 12.7. The van der Waals surface area contributed by atoms with Gasteiger partial charge >= 0.3 is 0 Å². The van der Waals surface area contributed by atoms with Crippen molar-refractivity contribution in [3.8, 4) is 0 Å². The molecule has 1 aromatic carbocycles. The van der Waals surface area contributed by atoms with E-state index in [1.54, 1.807) is 11.8 Å². The van der Waals surface area contributed by atoms with Crippen LogP contribution in [0.25, 0.3) is 0 Å². The highest BCUT2D eigenvalue weighted by molar-refractivity contribution is 8.01. The van der Waals surface area contributed by atoms with E-state index in [9.17, 15) is 9.59 Å². The molecule has 4 nitrogen and oxygen atoms in total. The van der Waals surface area contributed by atoms with Crippen molar-refractivity contribution in [2.24, 2.45) is 0 Å². The first-order chi connectivity index (χ1) is 9.98. The number of hydrogen-bond donors (Lipinski definition) is 1. The van der Waals surface area contributed by atoms with Crippen molar-refractivity contribution >= 4 is 24.1 Å². The van der Waals surface area contributed by atoms with Crippen molar-refractivity contribution in [1.82, 2.24) is 10.2 Å². The first-order valence-electron chi connectivity index (χ1n) is 7.20. The lowest BCUT2D eigenvalue weighted by Gasteiger charge is -2.40. The Morgan fingerprint density at radius 3 is 2.57 bits per heavy atom. The Kier molecular flexibility index (Phi) is 4.93. The average molecular weight is 306 g/mol. The Morgan fingerprint density at radius 1 is 1.38 bits per heavy atom. The summed E-state index contributed by atoms with van der Waals surface area (Å²) >= 11 is 1.75. The maximum atomic E-state index is 11.4. The molecule has 2 aliphatic rings. The average Bonchev–Trinajstić information content (AvgIpc) is 2.78. The molecule has 0 saturated carbocycles. The highest BCUT2D eigenvalue weighted by Gasteiger charge is 2.55. The van der Waals surface area contributed by atoms with Gasteiger partial charge in [0.2, 0.25) is 12.3 Å². The molecule has 0 radical (unpaired) electrons. The maximum absolute atomic E-state index is 11.4. The van der Waals surface area contributed by atoms with Gasteiger partial charge in [0.25, 0.3) is 0 Å². The second kappa shape index (κ2) is 6.52. The Hall–Kier alpha value is -1.49. The number of nitrogens with one attached hydrogen (secondary N) is 1. The number of amides is 2. The fourth-order valence-electron chi connectivity index (χ4n) is 2.54. The molecule has 0 aliphatic carbocycles. The summed E-state index contributed by atoms with van der Waals surface area (Å²) < 4.78 is 0.125. The molecule has 2 saturated heterocycles. The van der Waals surface area contributed by atoms with Gasteiger partial charge in [0, 0.05) is 11.3 Å². The van der Waals surface area contributed by atoms with Crippen LogP contribution in [0.1, 0.15) is 26.3 Å². The molecular formula is C16H22N2O2S. The van der Waals surface area contributed by atoms with Crippen LogP contribution in [0.2, 0.25) is 0 Å². The van der Waals surface area contributed by atoms with Gasteiger partial charge in [-0.05, 0) is 25.8 Å². The zero-order valence-corrected chi connectivity index (χ0v) is 13.5. The predicted molar refractivity (Wildman–Crippen MR) is 86.0 cm³/mol. The summed E-state index contributed by atoms with van der Waals surface area (Å²) in [7, 11) is 0. The van der Waals surface area contributed by atoms with Crippen LogP contribution in [0, 0.1) is 0 Å². The van der Waals surface area contributed by atoms with Gasteiger partial charge in [-0.25, -0.2) is 0 Å². The van der Waals surface area contributed by atoms with Gasteiger partial charge in [0.05, 0.1) is 0 Å². The first-order valence-corrected chi connectivity index (χ1v) is 8.08. The number of rotatable bonds is 3. The standard InChI is InChI=1S/C8H12N2O2S.C8H10/c1-8(2)3-10-6(12)5(9-4-11)7(10)13-8;1-2-8-6-4-3-5-7-8/h4-5,7H,3H2,1-2H3,(H,9,11);3-7H,2H2,1H3/t5-,7-;/m1./s1. The molecule has 2 aliphatic heterocycles. The van der Waals surface area contributed by atoms with Gasteiger partial charge in [-0.3, -0.25) is 9.59 Å². The van der Waals surface area contributed by atoms with Gasteiger partial charge in [0.1, 0.15) is 11.4 Å². The summed E-state index contributed by atoms with van der Waals surface area (Å²) in [5.41, 5.74) is 1.41. The Bertz CT molecular complexity index is 504. The van der Waals surface area contributed by atoms with Crippen LogP contribution in [0.4, 0.5) is 0 Å². The van der Waals surface area contributed by atoms with Crippen molar-refractivity contribution < 1.29 is 9.59 Å². The molecule has 1 N–H and O–H groups in total. The lowest BCUT2D eigenvalue weighted by molar-refractivity contribution is -0.146. The fraction of sp³-hybridized carbons (Fsp3) is 0.500. The topological polar surface area (TPSA) is 49.4 Å². The largest absolute Gasteiger partial charge is 0.344 e. The molecule has 1 aromatic rings. The van der Waals surface area contributed by atoms with E-state index in [0.29, 0.717) is 6.41 Å². The Labute approximate surface area is 130 Å². The molecule has 0 aromatic heterocycles. The van der Waals surface area contributed by atoms with Crippen molar-refractivity contribution in [2.45, 2.75) is 43.4 Å². The van der Waals surface area contributed by atoms with E-state index in [-0.39, 0.29) is 22.1 Å². The smallest absolute Gasteiger partial charge is 0.249 e. The van der Waals surface area contributed by atoms with Gasteiger partial charge in [-0.1, -0.05) is 37.3 Å². The summed E-state index contributed by atoms with van der Waals surface area (Å²) in [5.74, 6) is 0.0511. The van der Waals surface area contributed by atoms with Crippen molar-refractivity contribution in [1.29, 1.82) is 0 Å². The third-order valence-corrected chi connectivity index (χ3v) is 5.17. The molecule has 2 heterocycles. The molecule has 114 valence electrons. The van der Waals surface area contributed by atoms with Crippen molar-refractivity contribution in [3.05, 3.63) is 35.9 Å². The molecule has 2 amide bonds. The third-order valence-electron chi connectivity index (χ3n) is 3.63. The lowest BCUT2D eigenvalue weighted by Crippen LogP contribution is -2.66. The minimum atomic E-state index is -0.288. The van der Waals surface area contributed by atoms with Crippen LogP contribution in [-0.2, 0) is 16.0 Å². The van der Waals surface area contributed by atoms with Crippen molar-refractivity contribution in [2.75, 3.05) is 6.54 Å². The maximum Gasteiger partial charge on any atom is 0.249 e. The van der Waals surface area contributed by atoms with E-state index in [1.165, 1.54) is 5.56 Å². The van der Waals surface area contributed by atoms with Crippen LogP contribution in [0.3, 0.4) is 0 Å². The third kappa shape index (κ3) is 3.59. The molecule has 21 heavy (non-hydrogen) atoms. The number of carbonyl (C=O) groups is 2. The second-order valence-corrected chi connectivity index (χ2v) is 7.66. The van der Waals surface area contributed by atoms with E-state index in [2.05, 4.69) is 50.4 Å². The van der Waals surface area contributed by atoms with Crippen LogP contribution >= 0.6 is 11.8 Å². The first kappa shape index (κ1) is 15.9. The Morgan fingerprint density at radius 2 is 2.05 bits per heavy atom. The monoisotopic (exact) mass is 306 g/mol. The van der Waals surface area contributed by atoms with Crippen molar-refractivity contribution in [3.63, 3.8) is 0 Å². The summed E-state index contributed by atoms with van der Waals surface area (Å²) in [5, 5.41) is 2.71. The second-order valence-electron chi connectivity index (χ2n) is 5.84. The van der Waals surface area contributed by atoms with Gasteiger partial charge < -0.3 is 10.2 Å². The number of benzene rings is 1. The summed E-state index contributed by atoms with van der Waals surface area (Å²) in [6.07, 6.45) is 1.74. The molecule has 2 fully saturated rings. The van der Waals surface area contributed by atoms with Crippen LogP contribution in [0.5, 0.6) is 0 Å². The van der Waals surface area contributed by atoms with E-state index in [0.717, 1.165) is 13.0 Å². The molecule has 0 bridgehead atoms. The molecule has 5 heteroatoms. The number of fused-ring (bicyclic) bond motifs is 1. The molecule has 0 spiro atoms. The minimum absolute atomic E-state index is 0.0511. The highest BCUT2D eigenvalue weighted by Crippen LogP contribution is 2.45. The normalized spacial score (nSPS) is 25.3. The van der Waals surface area contributed by atoms with Crippen LogP contribution < -0.4 is 5.32 Å². The predicted octanol–water partition coefficient (Wildman–Crippen LogP) is 2.04. The Balaban J connectivity index is 0.000000173. The fourth-order valence-corrected chi connectivity index (χ4v) is 4.04. The quantitative estimate of drug-likeness (QED) is 0.687. The minimum Gasteiger partial charge on any atom is -0.344 e. The van der Waals surface area contributed by atoms with Crippen LogP contribution in [-0.4, -0.2) is 39.9 Å². The SMILES string of the molecule is CC1(C)CN2C(=O)[C@@H](NC=O)[C@H]2S1.CCc1ccccc1. The number of carbonyl (C=O) groups excluding carboxylic acids is 2. The summed E-state index contributed by atoms with van der Waals surface area (Å²) in [4.78, 5) is 23.4.